The monoisotopic (exact) mass is 469 g/mol. The number of carbonyl (C=O) groups is 1. The van der Waals surface area contributed by atoms with E-state index in [1.807, 2.05) is 30.6 Å². The molecule has 9 heteroatoms. The highest BCUT2D eigenvalue weighted by Crippen LogP contribution is 2.26. The van der Waals surface area contributed by atoms with Gasteiger partial charge in [-0.3, -0.25) is 9.69 Å². The lowest BCUT2D eigenvalue weighted by Crippen LogP contribution is -2.46. The number of ether oxygens (including phenoxy) is 2. The Morgan fingerprint density at radius 1 is 1.03 bits per heavy atom. The molecule has 0 aliphatic carbocycles. The average molecular weight is 470 g/mol. The van der Waals surface area contributed by atoms with Gasteiger partial charge in [-0.05, 0) is 35.4 Å². The van der Waals surface area contributed by atoms with Crippen LogP contribution in [0.15, 0.2) is 59.8 Å². The summed E-state index contributed by atoms with van der Waals surface area (Å²) >= 11 is 0. The number of methoxy groups -OCH3 is 2. The normalized spacial score (nSPS) is 16.3. The molecule has 2 aromatic carbocycles. The van der Waals surface area contributed by atoms with Crippen LogP contribution < -0.4 is 4.74 Å². The largest absolute Gasteiger partial charge is 0.497 e. The zero-order valence-electron chi connectivity index (χ0n) is 18.9. The fourth-order valence-electron chi connectivity index (χ4n) is 4.09. The number of aromatic nitrogens is 2. The van der Waals surface area contributed by atoms with E-state index in [2.05, 4.69) is 14.5 Å². The van der Waals surface area contributed by atoms with Crippen LogP contribution in [0.25, 0.3) is 0 Å². The summed E-state index contributed by atoms with van der Waals surface area (Å²) in [4.78, 5) is 19.4. The van der Waals surface area contributed by atoms with Gasteiger partial charge in [0.05, 0.1) is 36.8 Å². The van der Waals surface area contributed by atoms with Gasteiger partial charge in [-0.1, -0.05) is 24.3 Å². The van der Waals surface area contributed by atoms with Crippen LogP contribution in [0, 0.1) is 0 Å². The van der Waals surface area contributed by atoms with E-state index in [4.69, 9.17) is 9.47 Å². The molecule has 0 amide bonds. The van der Waals surface area contributed by atoms with Crippen LogP contribution in [0.1, 0.15) is 22.5 Å². The van der Waals surface area contributed by atoms with Crippen molar-refractivity contribution in [3.8, 4) is 5.75 Å². The van der Waals surface area contributed by atoms with Crippen molar-refractivity contribution >= 4 is 15.8 Å². The number of hydrogen-bond donors (Lipinski definition) is 0. The molecule has 1 aliphatic rings. The first-order chi connectivity index (χ1) is 15.8. The van der Waals surface area contributed by atoms with E-state index in [0.29, 0.717) is 26.1 Å². The first kappa shape index (κ1) is 23.0. The van der Waals surface area contributed by atoms with Crippen LogP contribution in [0.4, 0.5) is 0 Å². The Morgan fingerprint density at radius 3 is 2.27 bits per heavy atom. The van der Waals surface area contributed by atoms with Crippen LogP contribution in [-0.2, 0) is 45.4 Å². The summed E-state index contributed by atoms with van der Waals surface area (Å²) in [6.45, 7) is 1.67. The zero-order chi connectivity index (χ0) is 23.6. The van der Waals surface area contributed by atoms with Crippen molar-refractivity contribution in [1.82, 2.24) is 14.5 Å². The summed E-state index contributed by atoms with van der Waals surface area (Å²) in [5.74, 6) is 0.499. The molecule has 1 aromatic heterocycles. The summed E-state index contributed by atoms with van der Waals surface area (Å²) < 4.78 is 35.9. The molecule has 1 atom stereocenters. The van der Waals surface area contributed by atoms with Gasteiger partial charge in [0.2, 0.25) is 0 Å². The predicted molar refractivity (Wildman–Crippen MR) is 123 cm³/mol. The number of esters is 1. The van der Waals surface area contributed by atoms with Crippen molar-refractivity contribution in [2.45, 2.75) is 37.0 Å². The number of rotatable bonds is 7. The minimum atomic E-state index is -3.26. The molecule has 3 aromatic rings. The van der Waals surface area contributed by atoms with Crippen LogP contribution >= 0.6 is 0 Å². The Balaban J connectivity index is 1.58. The SMILES string of the molecule is COC(=O)[C@@H]1Cc2ncn(Cc3ccc(OC)cc3)c2CN1Cc1ccc(S(C)(=O)=O)cc1. The van der Waals surface area contributed by atoms with E-state index in [1.165, 1.54) is 13.4 Å². The van der Waals surface area contributed by atoms with Gasteiger partial charge in [0.1, 0.15) is 11.8 Å². The topological polar surface area (TPSA) is 90.7 Å². The number of benzene rings is 2. The molecule has 0 saturated carbocycles. The van der Waals surface area contributed by atoms with E-state index in [9.17, 15) is 13.2 Å². The second-order valence-electron chi connectivity index (χ2n) is 8.18. The third-order valence-electron chi connectivity index (χ3n) is 5.94. The van der Waals surface area contributed by atoms with Crippen molar-refractivity contribution in [1.29, 1.82) is 0 Å². The third-order valence-corrected chi connectivity index (χ3v) is 7.06. The molecule has 0 radical (unpaired) electrons. The van der Waals surface area contributed by atoms with Gasteiger partial charge >= 0.3 is 5.97 Å². The van der Waals surface area contributed by atoms with Gasteiger partial charge in [-0.15, -0.1) is 0 Å². The second kappa shape index (κ2) is 9.36. The van der Waals surface area contributed by atoms with Gasteiger partial charge < -0.3 is 14.0 Å². The predicted octanol–water partition coefficient (Wildman–Crippen LogP) is 2.44. The van der Waals surface area contributed by atoms with Gasteiger partial charge in [0.15, 0.2) is 9.84 Å². The number of fused-ring (bicyclic) bond motifs is 1. The molecule has 2 heterocycles. The number of hydrogen-bond acceptors (Lipinski definition) is 7. The Bertz CT molecular complexity index is 1230. The van der Waals surface area contributed by atoms with Gasteiger partial charge in [0, 0.05) is 32.3 Å². The minimum Gasteiger partial charge on any atom is -0.497 e. The minimum absolute atomic E-state index is 0.272. The van der Waals surface area contributed by atoms with Gasteiger partial charge in [-0.2, -0.15) is 0 Å². The first-order valence-electron chi connectivity index (χ1n) is 10.5. The molecular formula is C24H27N3O5S. The van der Waals surface area contributed by atoms with Crippen LogP contribution in [0.3, 0.4) is 0 Å². The van der Waals surface area contributed by atoms with E-state index in [-0.39, 0.29) is 10.9 Å². The van der Waals surface area contributed by atoms with E-state index >= 15 is 0 Å². The molecule has 0 unspecified atom stereocenters. The molecule has 33 heavy (non-hydrogen) atoms. The van der Waals surface area contributed by atoms with Crippen LogP contribution in [-0.4, -0.2) is 55.4 Å². The molecule has 174 valence electrons. The smallest absolute Gasteiger partial charge is 0.323 e. The Labute approximate surface area is 193 Å². The highest BCUT2D eigenvalue weighted by Gasteiger charge is 2.34. The molecule has 0 fully saturated rings. The molecule has 0 N–H and O–H groups in total. The molecular weight excluding hydrogens is 442 g/mol. The molecule has 0 bridgehead atoms. The Kier molecular flexibility index (Phi) is 6.53. The zero-order valence-corrected chi connectivity index (χ0v) is 19.7. The maximum Gasteiger partial charge on any atom is 0.323 e. The van der Waals surface area contributed by atoms with Crippen molar-refractivity contribution in [3.63, 3.8) is 0 Å². The number of sulfone groups is 1. The third kappa shape index (κ3) is 5.09. The lowest BCUT2D eigenvalue weighted by atomic mass is 10.0. The van der Waals surface area contributed by atoms with E-state index in [0.717, 1.165) is 28.3 Å². The Hall–Kier alpha value is -3.17. The highest BCUT2D eigenvalue weighted by molar-refractivity contribution is 7.90. The summed E-state index contributed by atoms with van der Waals surface area (Å²) in [6.07, 6.45) is 3.46. The molecule has 8 nitrogen and oxygen atoms in total. The summed E-state index contributed by atoms with van der Waals surface area (Å²) in [5.41, 5.74) is 3.98. The van der Waals surface area contributed by atoms with Crippen LogP contribution in [0.2, 0.25) is 0 Å². The number of nitrogens with zero attached hydrogens (tertiary/aromatic N) is 3. The van der Waals surface area contributed by atoms with E-state index < -0.39 is 15.9 Å². The fraction of sp³-hybridized carbons (Fsp3) is 0.333. The van der Waals surface area contributed by atoms with Crippen molar-refractivity contribution in [3.05, 3.63) is 77.4 Å². The second-order valence-corrected chi connectivity index (χ2v) is 10.2. The maximum atomic E-state index is 12.5. The van der Waals surface area contributed by atoms with Crippen molar-refractivity contribution in [2.75, 3.05) is 20.5 Å². The molecule has 0 saturated heterocycles. The molecule has 0 spiro atoms. The fourth-order valence-corrected chi connectivity index (χ4v) is 4.72. The first-order valence-corrected chi connectivity index (χ1v) is 12.4. The average Bonchev–Trinajstić information content (AvgIpc) is 3.19. The van der Waals surface area contributed by atoms with Crippen LogP contribution in [0.5, 0.6) is 5.75 Å². The van der Waals surface area contributed by atoms with Gasteiger partial charge in [-0.25, -0.2) is 13.4 Å². The lowest BCUT2D eigenvalue weighted by molar-refractivity contribution is -0.148. The highest BCUT2D eigenvalue weighted by atomic mass is 32.2. The molecule has 4 rings (SSSR count). The number of imidazole rings is 1. The van der Waals surface area contributed by atoms with Crippen molar-refractivity contribution in [2.24, 2.45) is 0 Å². The summed E-state index contributed by atoms with van der Waals surface area (Å²) in [7, 11) is -0.231. The van der Waals surface area contributed by atoms with E-state index in [1.54, 1.807) is 31.4 Å². The number of carbonyl (C=O) groups excluding carboxylic acids is 1. The quantitative estimate of drug-likeness (QED) is 0.491. The maximum absolute atomic E-state index is 12.5. The van der Waals surface area contributed by atoms with Gasteiger partial charge in [0.25, 0.3) is 0 Å². The van der Waals surface area contributed by atoms with Crippen molar-refractivity contribution < 1.29 is 22.7 Å². The summed E-state index contributed by atoms with van der Waals surface area (Å²) in [6, 6.07) is 14.2. The Morgan fingerprint density at radius 2 is 1.67 bits per heavy atom. The standard InChI is InChI=1S/C24H27N3O5S/c1-31-19-8-4-17(5-9-19)14-27-16-25-21-12-22(24(28)32-2)26(15-23(21)27)13-18-6-10-20(11-7-18)33(3,29)30/h4-11,16,22H,12-15H2,1-3H3/t22-/m0/s1. The molecule has 1 aliphatic heterocycles. The summed E-state index contributed by atoms with van der Waals surface area (Å²) in [5, 5.41) is 0. The lowest BCUT2D eigenvalue weighted by Gasteiger charge is -2.34.